The van der Waals surface area contributed by atoms with Gasteiger partial charge in [-0.25, -0.2) is 4.39 Å². The van der Waals surface area contributed by atoms with Crippen molar-refractivity contribution in [2.75, 3.05) is 5.32 Å². The minimum atomic E-state index is -0.315. The van der Waals surface area contributed by atoms with Crippen LogP contribution in [0, 0.1) is 5.82 Å². The number of carbonyl (C=O) groups excluding carboxylic acids is 1. The molecule has 3 rings (SSSR count). The number of benzene rings is 2. The highest BCUT2D eigenvalue weighted by Gasteiger charge is 2.07. The Balaban J connectivity index is 1.64. The minimum Gasteiger partial charge on any atom is -0.297 e. The number of rotatable bonds is 4. The van der Waals surface area contributed by atoms with Crippen LogP contribution in [0.1, 0.15) is 5.56 Å². The molecule has 0 radical (unpaired) electrons. The number of anilines is 1. The third kappa shape index (κ3) is 4.08. The predicted molar refractivity (Wildman–Crippen MR) is 89.4 cm³/mol. The number of nitrogens with zero attached hydrogens (tertiary/aromatic N) is 2. The van der Waals surface area contributed by atoms with E-state index in [9.17, 15) is 9.18 Å². The molecule has 114 valence electrons. The largest absolute Gasteiger partial charge is 0.297 e. The molecule has 0 aliphatic heterocycles. The molecule has 0 saturated heterocycles. The van der Waals surface area contributed by atoms with E-state index in [0.717, 1.165) is 16.1 Å². The van der Waals surface area contributed by atoms with Crippen molar-refractivity contribution in [2.24, 2.45) is 0 Å². The van der Waals surface area contributed by atoms with E-state index in [-0.39, 0.29) is 11.7 Å². The zero-order valence-electron chi connectivity index (χ0n) is 11.9. The first-order valence-corrected chi connectivity index (χ1v) is 7.66. The molecule has 6 heteroatoms. The third-order valence-electron chi connectivity index (χ3n) is 2.97. The maximum absolute atomic E-state index is 12.8. The molecule has 1 N–H and O–H groups in total. The number of carbonyl (C=O) groups is 1. The maximum atomic E-state index is 12.8. The van der Waals surface area contributed by atoms with Gasteiger partial charge in [-0.3, -0.25) is 10.1 Å². The lowest BCUT2D eigenvalue weighted by atomic mass is 10.2. The first kappa shape index (κ1) is 15.1. The summed E-state index contributed by atoms with van der Waals surface area (Å²) in [7, 11) is 0. The Hall–Kier alpha value is -2.86. The Morgan fingerprint density at radius 2 is 1.78 bits per heavy atom. The van der Waals surface area contributed by atoms with E-state index in [1.54, 1.807) is 18.2 Å². The Morgan fingerprint density at radius 3 is 2.52 bits per heavy atom. The first-order chi connectivity index (χ1) is 11.2. The maximum Gasteiger partial charge on any atom is 0.250 e. The van der Waals surface area contributed by atoms with Crippen LogP contribution in [0.2, 0.25) is 0 Å². The van der Waals surface area contributed by atoms with Gasteiger partial charge in [-0.15, -0.1) is 10.2 Å². The van der Waals surface area contributed by atoms with E-state index >= 15 is 0 Å². The average molecular weight is 325 g/mol. The van der Waals surface area contributed by atoms with Crippen molar-refractivity contribution in [3.63, 3.8) is 0 Å². The molecule has 0 aliphatic rings. The monoisotopic (exact) mass is 325 g/mol. The summed E-state index contributed by atoms with van der Waals surface area (Å²) >= 11 is 1.30. The normalized spacial score (nSPS) is 10.8. The lowest BCUT2D eigenvalue weighted by molar-refractivity contribution is -0.111. The fourth-order valence-corrected chi connectivity index (χ4v) is 2.62. The Bertz CT molecular complexity index is 829. The summed E-state index contributed by atoms with van der Waals surface area (Å²) in [4.78, 5) is 11.9. The van der Waals surface area contributed by atoms with E-state index < -0.39 is 0 Å². The molecule has 2 aromatic carbocycles. The molecule has 0 fully saturated rings. The van der Waals surface area contributed by atoms with Gasteiger partial charge in [0.05, 0.1) is 0 Å². The molecule has 4 nitrogen and oxygen atoms in total. The van der Waals surface area contributed by atoms with Crippen LogP contribution in [0.4, 0.5) is 9.52 Å². The zero-order valence-corrected chi connectivity index (χ0v) is 12.8. The molecule has 1 aromatic heterocycles. The Kier molecular flexibility index (Phi) is 4.54. The fraction of sp³-hybridized carbons (Fsp3) is 0. The molecular weight excluding hydrogens is 313 g/mol. The second kappa shape index (κ2) is 6.93. The molecule has 0 atom stereocenters. The van der Waals surface area contributed by atoms with E-state index in [0.29, 0.717) is 5.13 Å². The standard InChI is InChI=1S/C17H12FN3OS/c18-14-9-6-12(7-10-14)8-11-15(22)19-17-21-20-16(23-17)13-4-2-1-3-5-13/h1-11H,(H,19,21,22). The predicted octanol–water partition coefficient (Wildman–Crippen LogP) is 4.00. The van der Waals surface area contributed by atoms with Gasteiger partial charge < -0.3 is 0 Å². The summed E-state index contributed by atoms with van der Waals surface area (Å²) in [5, 5.41) is 11.8. The lowest BCUT2D eigenvalue weighted by Crippen LogP contribution is -2.07. The molecule has 1 heterocycles. The SMILES string of the molecule is O=C(C=Cc1ccc(F)cc1)Nc1nnc(-c2ccccc2)s1. The smallest absolute Gasteiger partial charge is 0.250 e. The Labute approximate surface area is 136 Å². The van der Waals surface area contributed by atoms with Gasteiger partial charge in [0.1, 0.15) is 10.8 Å². The van der Waals surface area contributed by atoms with Crippen molar-refractivity contribution in [3.8, 4) is 10.6 Å². The van der Waals surface area contributed by atoms with Crippen LogP contribution in [0.5, 0.6) is 0 Å². The molecule has 0 spiro atoms. The summed E-state index contributed by atoms with van der Waals surface area (Å²) in [5.41, 5.74) is 1.69. The molecule has 0 bridgehead atoms. The van der Waals surface area contributed by atoms with E-state index in [2.05, 4.69) is 15.5 Å². The summed E-state index contributed by atoms with van der Waals surface area (Å²) < 4.78 is 12.8. The molecule has 23 heavy (non-hydrogen) atoms. The van der Waals surface area contributed by atoms with Crippen molar-refractivity contribution < 1.29 is 9.18 Å². The second-order valence-corrected chi connectivity index (χ2v) is 5.63. The average Bonchev–Trinajstić information content (AvgIpc) is 3.04. The number of hydrogen-bond acceptors (Lipinski definition) is 4. The van der Waals surface area contributed by atoms with E-state index in [4.69, 9.17) is 0 Å². The van der Waals surface area contributed by atoms with Gasteiger partial charge in [0.25, 0.3) is 0 Å². The van der Waals surface area contributed by atoms with Gasteiger partial charge in [0.2, 0.25) is 11.0 Å². The van der Waals surface area contributed by atoms with Gasteiger partial charge in [-0.2, -0.15) is 0 Å². The number of amides is 1. The Morgan fingerprint density at radius 1 is 1.04 bits per heavy atom. The van der Waals surface area contributed by atoms with Gasteiger partial charge in [-0.1, -0.05) is 53.8 Å². The lowest BCUT2D eigenvalue weighted by Gasteiger charge is -1.95. The topological polar surface area (TPSA) is 54.9 Å². The highest BCUT2D eigenvalue weighted by atomic mass is 32.1. The zero-order chi connectivity index (χ0) is 16.1. The fourth-order valence-electron chi connectivity index (χ4n) is 1.86. The summed E-state index contributed by atoms with van der Waals surface area (Å²) in [6.07, 6.45) is 2.98. The highest BCUT2D eigenvalue weighted by molar-refractivity contribution is 7.18. The van der Waals surface area contributed by atoms with E-state index in [1.165, 1.54) is 29.5 Å². The van der Waals surface area contributed by atoms with Crippen LogP contribution in [-0.4, -0.2) is 16.1 Å². The highest BCUT2D eigenvalue weighted by Crippen LogP contribution is 2.25. The van der Waals surface area contributed by atoms with Crippen LogP contribution in [0.25, 0.3) is 16.6 Å². The van der Waals surface area contributed by atoms with Crippen LogP contribution < -0.4 is 5.32 Å². The van der Waals surface area contributed by atoms with Crippen molar-refractivity contribution in [1.82, 2.24) is 10.2 Å². The summed E-state index contributed by atoms with van der Waals surface area (Å²) in [5.74, 6) is -0.626. The summed E-state index contributed by atoms with van der Waals surface area (Å²) in [6, 6.07) is 15.5. The molecule has 0 saturated carbocycles. The number of hydrogen-bond donors (Lipinski definition) is 1. The van der Waals surface area contributed by atoms with Crippen LogP contribution in [-0.2, 0) is 4.79 Å². The molecule has 0 unspecified atom stereocenters. The van der Waals surface area contributed by atoms with Crippen LogP contribution in [0.15, 0.2) is 60.7 Å². The molecular formula is C17H12FN3OS. The molecule has 3 aromatic rings. The van der Waals surface area contributed by atoms with Gasteiger partial charge in [0.15, 0.2) is 0 Å². The summed E-state index contributed by atoms with van der Waals surface area (Å²) in [6.45, 7) is 0. The quantitative estimate of drug-likeness (QED) is 0.738. The number of aromatic nitrogens is 2. The van der Waals surface area contributed by atoms with Crippen LogP contribution >= 0.6 is 11.3 Å². The van der Waals surface area contributed by atoms with Crippen LogP contribution in [0.3, 0.4) is 0 Å². The van der Waals surface area contributed by atoms with Crippen molar-refractivity contribution in [3.05, 3.63) is 72.1 Å². The third-order valence-corrected chi connectivity index (χ3v) is 3.86. The van der Waals surface area contributed by atoms with Crippen molar-refractivity contribution in [2.45, 2.75) is 0 Å². The van der Waals surface area contributed by atoms with Crippen molar-refractivity contribution >= 4 is 28.5 Å². The van der Waals surface area contributed by atoms with E-state index in [1.807, 2.05) is 30.3 Å². The van der Waals surface area contributed by atoms with Gasteiger partial charge >= 0.3 is 0 Å². The molecule has 0 aliphatic carbocycles. The first-order valence-electron chi connectivity index (χ1n) is 6.84. The second-order valence-electron chi connectivity index (χ2n) is 4.65. The number of halogens is 1. The van der Waals surface area contributed by atoms with Gasteiger partial charge in [0, 0.05) is 11.6 Å². The minimum absolute atomic E-state index is 0.311. The van der Waals surface area contributed by atoms with Crippen molar-refractivity contribution in [1.29, 1.82) is 0 Å². The number of nitrogens with one attached hydrogen (secondary N) is 1. The molecule has 1 amide bonds. The van der Waals surface area contributed by atoms with Gasteiger partial charge in [-0.05, 0) is 23.8 Å².